The SMILES string of the molecule is Cc1nc(SCc2ccc(Cl)cc2Cl)n(C[C@H]2CCCO2)c1C. The van der Waals surface area contributed by atoms with Crippen LogP contribution in [0.25, 0.3) is 0 Å². The zero-order valence-electron chi connectivity index (χ0n) is 13.3. The van der Waals surface area contributed by atoms with Crippen molar-refractivity contribution >= 4 is 35.0 Å². The number of thioether (sulfide) groups is 1. The van der Waals surface area contributed by atoms with Crippen LogP contribution in [-0.4, -0.2) is 22.3 Å². The van der Waals surface area contributed by atoms with Gasteiger partial charge in [-0.3, -0.25) is 0 Å². The lowest BCUT2D eigenvalue weighted by molar-refractivity contribution is 0.0945. The van der Waals surface area contributed by atoms with Gasteiger partial charge in [0.1, 0.15) is 0 Å². The minimum absolute atomic E-state index is 0.306. The number of ether oxygens (including phenoxy) is 1. The van der Waals surface area contributed by atoms with Crippen molar-refractivity contribution in [2.75, 3.05) is 6.61 Å². The molecule has 1 aliphatic heterocycles. The minimum Gasteiger partial charge on any atom is -0.376 e. The largest absolute Gasteiger partial charge is 0.376 e. The van der Waals surface area contributed by atoms with Crippen LogP contribution < -0.4 is 0 Å². The molecule has 6 heteroatoms. The van der Waals surface area contributed by atoms with E-state index in [9.17, 15) is 0 Å². The van der Waals surface area contributed by atoms with Gasteiger partial charge in [0.2, 0.25) is 0 Å². The van der Waals surface area contributed by atoms with Gasteiger partial charge < -0.3 is 9.30 Å². The van der Waals surface area contributed by atoms with E-state index in [2.05, 4.69) is 18.4 Å². The van der Waals surface area contributed by atoms with Gasteiger partial charge in [-0.15, -0.1) is 0 Å². The highest BCUT2D eigenvalue weighted by Crippen LogP contribution is 2.30. The first-order valence-corrected chi connectivity index (χ1v) is 9.51. The maximum absolute atomic E-state index is 6.26. The van der Waals surface area contributed by atoms with Crippen molar-refractivity contribution in [1.29, 1.82) is 0 Å². The Labute approximate surface area is 151 Å². The van der Waals surface area contributed by atoms with Crippen molar-refractivity contribution in [2.45, 2.75) is 50.2 Å². The van der Waals surface area contributed by atoms with Crippen molar-refractivity contribution < 1.29 is 4.74 Å². The number of imidazole rings is 1. The Kier molecular flexibility index (Phi) is 5.57. The van der Waals surface area contributed by atoms with E-state index < -0.39 is 0 Å². The standard InChI is InChI=1S/C17H20Cl2N2OS/c1-11-12(2)21(9-15-4-3-7-22-15)17(20-11)23-10-13-5-6-14(18)8-16(13)19/h5-6,8,15H,3-4,7,9-10H2,1-2H3/t15-/m1/s1. The van der Waals surface area contributed by atoms with Crippen LogP contribution in [0.2, 0.25) is 10.0 Å². The molecule has 23 heavy (non-hydrogen) atoms. The molecule has 0 spiro atoms. The Morgan fingerprint density at radius 1 is 1.35 bits per heavy atom. The number of hydrogen-bond donors (Lipinski definition) is 0. The first kappa shape index (κ1) is 17.2. The third kappa shape index (κ3) is 4.05. The zero-order chi connectivity index (χ0) is 16.4. The first-order valence-electron chi connectivity index (χ1n) is 7.76. The Morgan fingerprint density at radius 2 is 2.17 bits per heavy atom. The molecule has 1 aromatic heterocycles. The second kappa shape index (κ2) is 7.47. The Bertz CT molecular complexity index is 696. The highest BCUT2D eigenvalue weighted by atomic mass is 35.5. The van der Waals surface area contributed by atoms with Crippen LogP contribution in [0.1, 0.15) is 29.8 Å². The van der Waals surface area contributed by atoms with Crippen molar-refractivity contribution in [1.82, 2.24) is 9.55 Å². The van der Waals surface area contributed by atoms with E-state index in [4.69, 9.17) is 32.9 Å². The van der Waals surface area contributed by atoms with Crippen molar-refractivity contribution in [3.05, 3.63) is 45.2 Å². The quantitative estimate of drug-likeness (QED) is 0.670. The molecule has 1 atom stereocenters. The molecular weight excluding hydrogens is 351 g/mol. The molecule has 124 valence electrons. The van der Waals surface area contributed by atoms with Gasteiger partial charge in [0.05, 0.1) is 18.3 Å². The molecule has 2 aromatic rings. The summed E-state index contributed by atoms with van der Waals surface area (Å²) >= 11 is 13.9. The second-order valence-electron chi connectivity index (χ2n) is 5.84. The first-order chi connectivity index (χ1) is 11.0. The third-order valence-corrected chi connectivity index (χ3v) is 5.82. The number of nitrogens with zero attached hydrogens (tertiary/aromatic N) is 2. The molecule has 0 radical (unpaired) electrons. The van der Waals surface area contributed by atoms with Gasteiger partial charge in [0, 0.05) is 28.1 Å². The minimum atomic E-state index is 0.306. The topological polar surface area (TPSA) is 27.1 Å². The Hall–Kier alpha value is -0.680. The molecular formula is C17H20Cl2N2OS. The predicted molar refractivity (Wildman–Crippen MR) is 96.7 cm³/mol. The Morgan fingerprint density at radius 3 is 2.87 bits per heavy atom. The maximum Gasteiger partial charge on any atom is 0.168 e. The molecule has 0 amide bonds. The summed E-state index contributed by atoms with van der Waals surface area (Å²) < 4.78 is 8.06. The lowest BCUT2D eigenvalue weighted by Gasteiger charge is -2.14. The second-order valence-corrected chi connectivity index (χ2v) is 7.62. The molecule has 0 N–H and O–H groups in total. The van der Waals surface area contributed by atoms with Gasteiger partial charge >= 0.3 is 0 Å². The van der Waals surface area contributed by atoms with Crippen molar-refractivity contribution in [3.63, 3.8) is 0 Å². The number of aromatic nitrogens is 2. The summed E-state index contributed by atoms with van der Waals surface area (Å²) in [5.74, 6) is 0.775. The van der Waals surface area contributed by atoms with E-state index in [-0.39, 0.29) is 0 Å². The summed E-state index contributed by atoms with van der Waals surface area (Å²) in [5.41, 5.74) is 3.36. The molecule has 0 bridgehead atoms. The van der Waals surface area contributed by atoms with Crippen LogP contribution >= 0.6 is 35.0 Å². The molecule has 3 nitrogen and oxygen atoms in total. The van der Waals surface area contributed by atoms with Crippen LogP contribution in [0.3, 0.4) is 0 Å². The molecule has 1 aliphatic rings. The smallest absolute Gasteiger partial charge is 0.168 e. The summed E-state index contributed by atoms with van der Waals surface area (Å²) in [4.78, 5) is 4.72. The van der Waals surface area contributed by atoms with E-state index in [1.807, 2.05) is 12.1 Å². The van der Waals surface area contributed by atoms with Crippen LogP contribution in [-0.2, 0) is 17.0 Å². The van der Waals surface area contributed by atoms with E-state index in [0.717, 1.165) is 48.2 Å². The normalized spacial score (nSPS) is 17.8. The Balaban J connectivity index is 1.75. The molecule has 1 aromatic carbocycles. The van der Waals surface area contributed by atoms with Gasteiger partial charge in [-0.1, -0.05) is 41.0 Å². The summed E-state index contributed by atoms with van der Waals surface area (Å²) in [7, 11) is 0. The lowest BCUT2D eigenvalue weighted by atomic mass is 10.2. The van der Waals surface area contributed by atoms with Crippen molar-refractivity contribution in [3.8, 4) is 0 Å². The van der Waals surface area contributed by atoms with Crippen LogP contribution in [0, 0.1) is 13.8 Å². The summed E-state index contributed by atoms with van der Waals surface area (Å²) in [6.45, 7) is 5.93. The lowest BCUT2D eigenvalue weighted by Crippen LogP contribution is -2.16. The summed E-state index contributed by atoms with van der Waals surface area (Å²) in [6, 6.07) is 5.64. The van der Waals surface area contributed by atoms with E-state index in [1.54, 1.807) is 17.8 Å². The monoisotopic (exact) mass is 370 g/mol. The van der Waals surface area contributed by atoms with Gasteiger partial charge in [-0.05, 0) is 44.4 Å². The fraction of sp³-hybridized carbons (Fsp3) is 0.471. The highest BCUT2D eigenvalue weighted by molar-refractivity contribution is 7.98. The molecule has 2 heterocycles. The average molecular weight is 371 g/mol. The average Bonchev–Trinajstić information content (AvgIpc) is 3.11. The maximum atomic E-state index is 6.26. The van der Waals surface area contributed by atoms with Crippen LogP contribution in [0.4, 0.5) is 0 Å². The molecule has 1 saturated heterocycles. The molecule has 1 fully saturated rings. The van der Waals surface area contributed by atoms with Gasteiger partial charge in [-0.25, -0.2) is 4.98 Å². The highest BCUT2D eigenvalue weighted by Gasteiger charge is 2.20. The van der Waals surface area contributed by atoms with E-state index >= 15 is 0 Å². The summed E-state index contributed by atoms with van der Waals surface area (Å²) in [6.07, 6.45) is 2.59. The molecule has 0 aliphatic carbocycles. The van der Waals surface area contributed by atoms with E-state index in [1.165, 1.54) is 5.69 Å². The van der Waals surface area contributed by atoms with Gasteiger partial charge in [0.15, 0.2) is 5.16 Å². The van der Waals surface area contributed by atoms with E-state index in [0.29, 0.717) is 16.1 Å². The van der Waals surface area contributed by atoms with Crippen LogP contribution in [0.15, 0.2) is 23.4 Å². The number of rotatable bonds is 5. The van der Waals surface area contributed by atoms with Crippen LogP contribution in [0.5, 0.6) is 0 Å². The molecule has 3 rings (SSSR count). The number of halogens is 2. The zero-order valence-corrected chi connectivity index (χ0v) is 15.6. The van der Waals surface area contributed by atoms with Crippen molar-refractivity contribution in [2.24, 2.45) is 0 Å². The number of hydrogen-bond acceptors (Lipinski definition) is 3. The molecule has 0 saturated carbocycles. The fourth-order valence-corrected chi connectivity index (χ4v) is 4.38. The van der Waals surface area contributed by atoms with Gasteiger partial charge in [0.25, 0.3) is 0 Å². The predicted octanol–water partition coefficient (Wildman–Crippen LogP) is 5.28. The molecule has 0 unspecified atom stereocenters. The number of benzene rings is 1. The summed E-state index contributed by atoms with van der Waals surface area (Å²) in [5, 5.41) is 2.40. The van der Waals surface area contributed by atoms with Gasteiger partial charge in [-0.2, -0.15) is 0 Å². The fourth-order valence-electron chi connectivity index (χ4n) is 2.72. The number of aryl methyl sites for hydroxylation is 1. The third-order valence-electron chi connectivity index (χ3n) is 4.20.